The first kappa shape index (κ1) is 21.9. The third-order valence-electron chi connectivity index (χ3n) is 4.63. The first-order chi connectivity index (χ1) is 16.0. The van der Waals surface area contributed by atoms with Crippen molar-refractivity contribution in [1.29, 1.82) is 0 Å². The predicted octanol–water partition coefficient (Wildman–Crippen LogP) is 3.89. The van der Waals surface area contributed by atoms with Gasteiger partial charge < -0.3 is 20.1 Å². The van der Waals surface area contributed by atoms with Gasteiger partial charge in [0.05, 0.1) is 42.2 Å². The van der Waals surface area contributed by atoms with Crippen molar-refractivity contribution in [1.82, 2.24) is 19.7 Å². The number of carbonyl (C=O) groups is 1. The summed E-state index contributed by atoms with van der Waals surface area (Å²) in [4.78, 5) is 20.8. The number of nitrogens with zero attached hydrogens (tertiary/aromatic N) is 4. The molecule has 4 rings (SSSR count). The molecule has 4 aromatic rings. The summed E-state index contributed by atoms with van der Waals surface area (Å²) in [5.74, 6) is -1.09. The Morgan fingerprint density at radius 2 is 2.06 bits per heavy atom. The first-order valence-corrected chi connectivity index (χ1v) is 9.97. The van der Waals surface area contributed by atoms with E-state index in [4.69, 9.17) is 9.47 Å². The monoisotopic (exact) mass is 454 g/mol. The van der Waals surface area contributed by atoms with Gasteiger partial charge >= 0.3 is 0 Å². The van der Waals surface area contributed by atoms with Crippen molar-refractivity contribution in [3.05, 3.63) is 60.7 Å². The zero-order chi connectivity index (χ0) is 23.4. The molecular weight excluding hydrogens is 434 g/mol. The van der Waals surface area contributed by atoms with E-state index in [1.54, 1.807) is 25.4 Å². The van der Waals surface area contributed by atoms with Crippen LogP contribution < -0.4 is 20.1 Å². The molecule has 0 unspecified atom stereocenters. The van der Waals surface area contributed by atoms with Crippen molar-refractivity contribution < 1.29 is 23.0 Å². The molecule has 1 amide bonds. The second kappa shape index (κ2) is 9.47. The Kier molecular flexibility index (Phi) is 6.29. The molecule has 0 bridgehead atoms. The van der Waals surface area contributed by atoms with E-state index < -0.39 is 17.5 Å². The van der Waals surface area contributed by atoms with Gasteiger partial charge in [-0.15, -0.1) is 0 Å². The molecule has 0 saturated heterocycles. The highest BCUT2D eigenvalue weighted by molar-refractivity contribution is 5.96. The quantitative estimate of drug-likeness (QED) is 0.416. The van der Waals surface area contributed by atoms with Crippen molar-refractivity contribution in [2.45, 2.75) is 13.5 Å². The number of fused-ring (bicyclic) bond motifs is 1. The highest BCUT2D eigenvalue weighted by Crippen LogP contribution is 2.35. The number of amides is 1. The summed E-state index contributed by atoms with van der Waals surface area (Å²) in [6.45, 7) is 2.18. The third kappa shape index (κ3) is 4.81. The summed E-state index contributed by atoms with van der Waals surface area (Å²) >= 11 is 0. The lowest BCUT2D eigenvalue weighted by atomic mass is 10.2. The lowest BCUT2D eigenvalue weighted by molar-refractivity contribution is -0.116. The number of rotatable bonds is 8. The number of halogens is 2. The molecule has 33 heavy (non-hydrogen) atoms. The topological polar surface area (TPSA) is 103 Å². The summed E-state index contributed by atoms with van der Waals surface area (Å²) in [6.07, 6.45) is 4.49. The molecule has 0 atom stereocenters. The van der Waals surface area contributed by atoms with Gasteiger partial charge in [-0.3, -0.25) is 9.48 Å². The summed E-state index contributed by atoms with van der Waals surface area (Å²) < 4.78 is 39.5. The maximum absolute atomic E-state index is 13.8. The molecule has 0 radical (unpaired) electrons. The van der Waals surface area contributed by atoms with Crippen LogP contribution in [0.3, 0.4) is 0 Å². The smallest absolute Gasteiger partial charge is 0.246 e. The molecule has 11 heteroatoms. The molecule has 170 valence electrons. The Hall–Kier alpha value is -4.28. The lowest BCUT2D eigenvalue weighted by Crippen LogP contribution is -2.19. The van der Waals surface area contributed by atoms with Gasteiger partial charge in [-0.1, -0.05) is 6.07 Å². The Bertz CT molecular complexity index is 1310. The average Bonchev–Trinajstić information content (AvgIpc) is 3.23. The van der Waals surface area contributed by atoms with E-state index in [-0.39, 0.29) is 12.2 Å². The van der Waals surface area contributed by atoms with E-state index in [0.29, 0.717) is 40.5 Å². The summed E-state index contributed by atoms with van der Waals surface area (Å²) in [5, 5.41) is 10.2. The molecule has 2 heterocycles. The summed E-state index contributed by atoms with van der Waals surface area (Å²) in [6, 6.07) is 7.09. The van der Waals surface area contributed by atoms with E-state index in [0.717, 1.165) is 6.07 Å². The Balaban J connectivity index is 1.51. The van der Waals surface area contributed by atoms with Gasteiger partial charge in [0.2, 0.25) is 5.91 Å². The van der Waals surface area contributed by atoms with Crippen molar-refractivity contribution >= 4 is 34.0 Å². The van der Waals surface area contributed by atoms with Crippen LogP contribution in [-0.2, 0) is 11.3 Å². The van der Waals surface area contributed by atoms with E-state index in [9.17, 15) is 13.6 Å². The van der Waals surface area contributed by atoms with Crippen LogP contribution in [0.25, 0.3) is 10.9 Å². The lowest BCUT2D eigenvalue weighted by Gasteiger charge is -2.12. The minimum absolute atomic E-state index is 0.205. The van der Waals surface area contributed by atoms with Crippen molar-refractivity contribution in [2.75, 3.05) is 24.4 Å². The van der Waals surface area contributed by atoms with Crippen LogP contribution >= 0.6 is 0 Å². The fourth-order valence-corrected chi connectivity index (χ4v) is 3.22. The summed E-state index contributed by atoms with van der Waals surface area (Å²) in [5.41, 5.74) is 0.936. The minimum atomic E-state index is -1.12. The van der Waals surface area contributed by atoms with Gasteiger partial charge in [-0.25, -0.2) is 18.7 Å². The fourth-order valence-electron chi connectivity index (χ4n) is 3.22. The van der Waals surface area contributed by atoms with Gasteiger partial charge in [-0.2, -0.15) is 5.10 Å². The molecule has 0 spiro atoms. The number of aromatic nitrogens is 4. The predicted molar refractivity (Wildman–Crippen MR) is 118 cm³/mol. The van der Waals surface area contributed by atoms with Gasteiger partial charge in [0.25, 0.3) is 0 Å². The number of carbonyl (C=O) groups excluding carboxylic acids is 1. The molecule has 2 aromatic heterocycles. The minimum Gasteiger partial charge on any atom is -0.496 e. The molecular formula is C22H20F2N6O3. The number of nitrogens with one attached hydrogen (secondary N) is 2. The third-order valence-corrected chi connectivity index (χ3v) is 4.63. The van der Waals surface area contributed by atoms with E-state index in [1.165, 1.54) is 29.3 Å². The van der Waals surface area contributed by atoms with Crippen LogP contribution in [0.4, 0.5) is 26.0 Å². The summed E-state index contributed by atoms with van der Waals surface area (Å²) in [7, 11) is 1.54. The van der Waals surface area contributed by atoms with Crippen molar-refractivity contribution in [2.24, 2.45) is 0 Å². The Morgan fingerprint density at radius 3 is 2.85 bits per heavy atom. The maximum atomic E-state index is 13.8. The Labute approximate surface area is 187 Å². The fraction of sp³-hybridized carbons (Fsp3) is 0.182. The largest absolute Gasteiger partial charge is 0.496 e. The maximum Gasteiger partial charge on any atom is 0.246 e. The highest BCUT2D eigenvalue weighted by atomic mass is 19.2. The highest BCUT2D eigenvalue weighted by Gasteiger charge is 2.15. The van der Waals surface area contributed by atoms with Crippen LogP contribution in [0.2, 0.25) is 0 Å². The molecule has 2 N–H and O–H groups in total. The SMILES string of the molecule is CCOc1cc(OC)c2c(Nc3cnn(CC(=O)Nc4cccc(F)c4F)c3)ncnc2c1. The number of hydrogen-bond donors (Lipinski definition) is 2. The number of hydrogen-bond acceptors (Lipinski definition) is 7. The second-order valence-electron chi connectivity index (χ2n) is 6.88. The molecule has 0 aliphatic rings. The zero-order valence-electron chi connectivity index (χ0n) is 17.8. The number of benzene rings is 2. The van der Waals surface area contributed by atoms with Crippen LogP contribution in [0.15, 0.2) is 49.1 Å². The van der Waals surface area contributed by atoms with Gasteiger partial charge in [0, 0.05) is 18.3 Å². The van der Waals surface area contributed by atoms with Crippen LogP contribution in [0, 0.1) is 11.6 Å². The van der Waals surface area contributed by atoms with Crippen LogP contribution in [0.5, 0.6) is 11.5 Å². The van der Waals surface area contributed by atoms with Gasteiger partial charge in [-0.05, 0) is 19.1 Å². The van der Waals surface area contributed by atoms with Gasteiger partial charge in [0.1, 0.15) is 30.2 Å². The Morgan fingerprint density at radius 1 is 1.21 bits per heavy atom. The number of methoxy groups -OCH3 is 1. The molecule has 0 saturated carbocycles. The first-order valence-electron chi connectivity index (χ1n) is 9.97. The molecule has 0 fully saturated rings. The average molecular weight is 454 g/mol. The second-order valence-corrected chi connectivity index (χ2v) is 6.88. The van der Waals surface area contributed by atoms with E-state index in [1.807, 2.05) is 6.92 Å². The standard InChI is InChI=1S/C22H20F2N6O3/c1-3-33-14-7-17-20(18(8-14)32-2)22(26-12-25-17)28-13-9-27-30(10-13)11-19(31)29-16-6-4-5-15(23)21(16)24/h4-10,12H,3,11H2,1-2H3,(H,29,31)(H,25,26,28). The number of anilines is 3. The van der Waals surface area contributed by atoms with Crippen LogP contribution in [0.1, 0.15) is 6.92 Å². The number of ether oxygens (including phenoxy) is 2. The normalized spacial score (nSPS) is 10.8. The van der Waals surface area contributed by atoms with Crippen LogP contribution in [-0.4, -0.2) is 39.4 Å². The molecule has 0 aliphatic heterocycles. The van der Waals surface area contributed by atoms with E-state index >= 15 is 0 Å². The van der Waals surface area contributed by atoms with Crippen molar-refractivity contribution in [3.8, 4) is 11.5 Å². The molecule has 9 nitrogen and oxygen atoms in total. The van der Waals surface area contributed by atoms with E-state index in [2.05, 4.69) is 25.7 Å². The molecule has 0 aliphatic carbocycles. The van der Waals surface area contributed by atoms with Gasteiger partial charge in [0.15, 0.2) is 11.6 Å². The zero-order valence-corrected chi connectivity index (χ0v) is 17.8. The molecule has 2 aromatic carbocycles. The van der Waals surface area contributed by atoms with Crippen molar-refractivity contribution in [3.63, 3.8) is 0 Å².